The molecule has 0 heterocycles. The van der Waals surface area contributed by atoms with Gasteiger partial charge in [-0.25, -0.2) is 0 Å². The smallest absolute Gasteiger partial charge is 0.273 e. The van der Waals surface area contributed by atoms with Gasteiger partial charge in [0.25, 0.3) is 11.6 Å². The second-order valence-electron chi connectivity index (χ2n) is 4.83. The molecule has 22 heavy (non-hydrogen) atoms. The summed E-state index contributed by atoms with van der Waals surface area (Å²) in [6, 6.07) is 12.8. The van der Waals surface area contributed by atoms with Crippen molar-refractivity contribution in [2.24, 2.45) is 0 Å². The van der Waals surface area contributed by atoms with Gasteiger partial charge in [-0.2, -0.15) is 0 Å². The van der Waals surface area contributed by atoms with Gasteiger partial charge in [0.05, 0.1) is 17.6 Å². The van der Waals surface area contributed by atoms with Gasteiger partial charge in [-0.15, -0.1) is 0 Å². The van der Waals surface area contributed by atoms with Crippen molar-refractivity contribution < 1.29 is 14.8 Å². The number of amides is 1. The Hall–Kier alpha value is -2.73. The molecule has 0 aliphatic heterocycles. The van der Waals surface area contributed by atoms with Crippen LogP contribution in [0.3, 0.4) is 0 Å². The lowest BCUT2D eigenvalue weighted by atomic mass is 10.0. The second-order valence-corrected chi connectivity index (χ2v) is 4.83. The molecule has 0 saturated heterocycles. The maximum atomic E-state index is 12.3. The highest BCUT2D eigenvalue weighted by Crippen LogP contribution is 2.22. The number of nitrogens with one attached hydrogen (secondary N) is 1. The number of hydrogen-bond donors (Lipinski definition) is 2. The summed E-state index contributed by atoms with van der Waals surface area (Å²) >= 11 is 0. The molecule has 0 saturated carbocycles. The fourth-order valence-corrected chi connectivity index (χ4v) is 2.22. The number of hydrogen-bond acceptors (Lipinski definition) is 4. The number of rotatable bonds is 5. The number of aliphatic hydroxyl groups excluding tert-OH is 1. The Morgan fingerprint density at radius 1 is 1.23 bits per heavy atom. The van der Waals surface area contributed by atoms with Crippen LogP contribution in [-0.4, -0.2) is 22.5 Å². The van der Waals surface area contributed by atoms with Crippen LogP contribution in [0.1, 0.15) is 27.5 Å². The van der Waals surface area contributed by atoms with Crippen molar-refractivity contribution in [1.82, 2.24) is 5.32 Å². The van der Waals surface area contributed by atoms with Crippen LogP contribution >= 0.6 is 0 Å². The van der Waals surface area contributed by atoms with Crippen LogP contribution in [0.15, 0.2) is 48.5 Å². The lowest BCUT2D eigenvalue weighted by Gasteiger charge is -2.17. The molecule has 0 aliphatic carbocycles. The van der Waals surface area contributed by atoms with Gasteiger partial charge in [-0.1, -0.05) is 36.4 Å². The third-order valence-electron chi connectivity index (χ3n) is 3.44. The summed E-state index contributed by atoms with van der Waals surface area (Å²) in [7, 11) is 0. The van der Waals surface area contributed by atoms with E-state index in [4.69, 9.17) is 0 Å². The topological polar surface area (TPSA) is 92.5 Å². The summed E-state index contributed by atoms with van der Waals surface area (Å²) in [5.74, 6) is -0.455. The van der Waals surface area contributed by atoms with Crippen LogP contribution in [0, 0.1) is 17.0 Å². The number of nitrogens with zero attached hydrogens (tertiary/aromatic N) is 1. The minimum absolute atomic E-state index is 0.104. The molecule has 2 rings (SSSR count). The van der Waals surface area contributed by atoms with Crippen molar-refractivity contribution in [3.8, 4) is 0 Å². The zero-order valence-electron chi connectivity index (χ0n) is 12.0. The SMILES string of the molecule is Cc1c(C(=O)NC(CO)c2ccccc2)cccc1[N+](=O)[O-]. The third-order valence-corrected chi connectivity index (χ3v) is 3.44. The van der Waals surface area contributed by atoms with E-state index in [2.05, 4.69) is 5.32 Å². The largest absolute Gasteiger partial charge is 0.394 e. The van der Waals surface area contributed by atoms with Crippen LogP contribution in [0.25, 0.3) is 0 Å². The number of benzene rings is 2. The zero-order valence-corrected chi connectivity index (χ0v) is 12.0. The van der Waals surface area contributed by atoms with E-state index < -0.39 is 16.9 Å². The Balaban J connectivity index is 2.25. The number of nitro benzene ring substituents is 1. The van der Waals surface area contributed by atoms with Crippen molar-refractivity contribution in [3.05, 3.63) is 75.3 Å². The third kappa shape index (κ3) is 3.29. The van der Waals surface area contributed by atoms with Crippen molar-refractivity contribution in [2.75, 3.05) is 6.61 Å². The summed E-state index contributed by atoms with van der Waals surface area (Å²) < 4.78 is 0. The Kier molecular flexibility index (Phi) is 4.85. The quantitative estimate of drug-likeness (QED) is 0.655. The second kappa shape index (κ2) is 6.82. The van der Waals surface area contributed by atoms with Gasteiger partial charge in [0.1, 0.15) is 0 Å². The molecule has 2 aromatic rings. The Bertz CT molecular complexity index is 686. The van der Waals surface area contributed by atoms with E-state index in [1.807, 2.05) is 18.2 Å². The van der Waals surface area contributed by atoms with E-state index in [-0.39, 0.29) is 17.9 Å². The minimum atomic E-state index is -0.563. The van der Waals surface area contributed by atoms with Crippen molar-refractivity contribution >= 4 is 11.6 Å². The molecule has 0 fully saturated rings. The number of carbonyl (C=O) groups is 1. The first-order valence-electron chi connectivity index (χ1n) is 6.75. The summed E-state index contributed by atoms with van der Waals surface area (Å²) in [5.41, 5.74) is 1.19. The molecule has 2 aromatic carbocycles. The molecule has 0 aliphatic rings. The van der Waals surface area contributed by atoms with E-state index in [0.717, 1.165) is 5.56 Å². The average Bonchev–Trinajstić information content (AvgIpc) is 2.53. The monoisotopic (exact) mass is 300 g/mol. The maximum Gasteiger partial charge on any atom is 0.273 e. The van der Waals surface area contributed by atoms with Crippen LogP contribution in [0.2, 0.25) is 0 Å². The number of aliphatic hydroxyl groups is 1. The first kappa shape index (κ1) is 15.7. The molecular weight excluding hydrogens is 284 g/mol. The summed E-state index contributed by atoms with van der Waals surface area (Å²) in [6.45, 7) is 1.27. The standard InChI is InChI=1S/C16H16N2O4/c1-11-13(8-5-9-15(11)18(21)22)16(20)17-14(10-19)12-6-3-2-4-7-12/h2-9,14,19H,10H2,1H3,(H,17,20). The van der Waals surface area contributed by atoms with Gasteiger partial charge in [0.15, 0.2) is 0 Å². The lowest BCUT2D eigenvalue weighted by Crippen LogP contribution is -2.31. The van der Waals surface area contributed by atoms with Crippen molar-refractivity contribution in [1.29, 1.82) is 0 Å². The number of nitro groups is 1. The van der Waals surface area contributed by atoms with E-state index >= 15 is 0 Å². The molecular formula is C16H16N2O4. The Labute approximate surface area is 127 Å². The molecule has 114 valence electrons. The zero-order chi connectivity index (χ0) is 16.1. The van der Waals surface area contributed by atoms with E-state index in [9.17, 15) is 20.0 Å². The molecule has 2 N–H and O–H groups in total. The molecule has 0 aromatic heterocycles. The van der Waals surface area contributed by atoms with E-state index in [0.29, 0.717) is 5.56 Å². The van der Waals surface area contributed by atoms with Gasteiger partial charge in [0, 0.05) is 17.2 Å². The minimum Gasteiger partial charge on any atom is -0.394 e. The number of carbonyl (C=O) groups excluding carboxylic acids is 1. The van der Waals surface area contributed by atoms with Gasteiger partial charge in [-0.05, 0) is 18.6 Å². The van der Waals surface area contributed by atoms with Crippen LogP contribution in [-0.2, 0) is 0 Å². The van der Waals surface area contributed by atoms with E-state index in [1.54, 1.807) is 12.1 Å². The molecule has 1 unspecified atom stereocenters. The summed E-state index contributed by atoms with van der Waals surface area (Å²) in [4.78, 5) is 22.7. The first-order valence-corrected chi connectivity index (χ1v) is 6.75. The van der Waals surface area contributed by atoms with Gasteiger partial charge in [0.2, 0.25) is 0 Å². The van der Waals surface area contributed by atoms with Crippen LogP contribution in [0.5, 0.6) is 0 Å². The van der Waals surface area contributed by atoms with Crippen molar-refractivity contribution in [3.63, 3.8) is 0 Å². The van der Waals surface area contributed by atoms with Gasteiger partial charge in [-0.3, -0.25) is 14.9 Å². The van der Waals surface area contributed by atoms with Crippen LogP contribution in [0.4, 0.5) is 5.69 Å². The molecule has 0 radical (unpaired) electrons. The lowest BCUT2D eigenvalue weighted by molar-refractivity contribution is -0.385. The fourth-order valence-electron chi connectivity index (χ4n) is 2.22. The van der Waals surface area contributed by atoms with Crippen LogP contribution < -0.4 is 5.32 Å². The Morgan fingerprint density at radius 3 is 2.50 bits per heavy atom. The fraction of sp³-hybridized carbons (Fsp3) is 0.188. The predicted octanol–water partition coefficient (Wildman–Crippen LogP) is 2.37. The predicted molar refractivity (Wildman–Crippen MR) is 81.6 cm³/mol. The normalized spacial score (nSPS) is 11.7. The average molecular weight is 300 g/mol. The summed E-state index contributed by atoms with van der Waals surface area (Å²) in [6.07, 6.45) is 0. The van der Waals surface area contributed by atoms with Crippen molar-refractivity contribution in [2.45, 2.75) is 13.0 Å². The molecule has 1 amide bonds. The molecule has 0 bridgehead atoms. The van der Waals surface area contributed by atoms with E-state index in [1.165, 1.54) is 25.1 Å². The molecule has 0 spiro atoms. The highest BCUT2D eigenvalue weighted by Gasteiger charge is 2.20. The van der Waals surface area contributed by atoms with Gasteiger partial charge < -0.3 is 10.4 Å². The maximum absolute atomic E-state index is 12.3. The molecule has 6 nitrogen and oxygen atoms in total. The highest BCUT2D eigenvalue weighted by atomic mass is 16.6. The highest BCUT2D eigenvalue weighted by molar-refractivity contribution is 5.96. The van der Waals surface area contributed by atoms with Gasteiger partial charge >= 0.3 is 0 Å². The summed E-state index contributed by atoms with van der Waals surface area (Å²) in [5, 5.41) is 23.1. The Morgan fingerprint density at radius 2 is 1.91 bits per heavy atom. The molecule has 1 atom stereocenters. The molecule has 6 heteroatoms. The first-order chi connectivity index (χ1) is 10.5.